The number of anilines is 2. The molecule has 0 aliphatic carbocycles. The maximum absolute atomic E-state index is 13.0. The van der Waals surface area contributed by atoms with Gasteiger partial charge in [0, 0.05) is 53.4 Å². The molecule has 2 aromatic heterocycles. The van der Waals surface area contributed by atoms with Crippen LogP contribution < -0.4 is 20.7 Å². The monoisotopic (exact) mass is 480 g/mol. The molecule has 1 amide bonds. The van der Waals surface area contributed by atoms with Crippen LogP contribution in [0.3, 0.4) is 0 Å². The summed E-state index contributed by atoms with van der Waals surface area (Å²) in [5.41, 5.74) is 3.59. The Balaban J connectivity index is 1.46. The summed E-state index contributed by atoms with van der Waals surface area (Å²) in [7, 11) is 5.11. The Hall–Kier alpha value is -3.34. The summed E-state index contributed by atoms with van der Waals surface area (Å²) in [6.07, 6.45) is 1.64. The molecule has 1 unspecified atom stereocenters. The Morgan fingerprint density at radius 3 is 2.97 bits per heavy atom. The van der Waals surface area contributed by atoms with Crippen LogP contribution in [0.4, 0.5) is 10.7 Å². The van der Waals surface area contributed by atoms with E-state index in [-0.39, 0.29) is 18.2 Å². The third-order valence-electron chi connectivity index (χ3n) is 6.16. The van der Waals surface area contributed by atoms with E-state index in [1.165, 1.54) is 0 Å². The van der Waals surface area contributed by atoms with Crippen molar-refractivity contribution in [2.45, 2.75) is 19.2 Å². The van der Waals surface area contributed by atoms with E-state index in [9.17, 15) is 4.79 Å². The lowest BCUT2D eigenvalue weighted by Crippen LogP contribution is -2.36. The number of likely N-dealkylation sites (N-methyl/N-ethyl adjacent to an activating group) is 1. The van der Waals surface area contributed by atoms with Gasteiger partial charge in [-0.15, -0.1) is 11.3 Å². The van der Waals surface area contributed by atoms with E-state index < -0.39 is 0 Å². The number of H-pyrrole nitrogens is 1. The number of amides is 1. The molecule has 9 nitrogen and oxygen atoms in total. The molecule has 2 aromatic carbocycles. The minimum atomic E-state index is -0.130. The third-order valence-corrected chi connectivity index (χ3v) is 7.29. The van der Waals surface area contributed by atoms with Crippen LogP contribution in [0.2, 0.25) is 0 Å². The first-order chi connectivity index (χ1) is 16.5. The molecule has 0 saturated heterocycles. The van der Waals surface area contributed by atoms with E-state index in [1.54, 1.807) is 43.7 Å². The number of fused-ring (bicyclic) bond motifs is 4. The smallest absolute Gasteiger partial charge is 0.253 e. The molecule has 1 aliphatic rings. The first-order valence-corrected chi connectivity index (χ1v) is 11.9. The summed E-state index contributed by atoms with van der Waals surface area (Å²) in [5, 5.41) is 20.8. The molecule has 178 valence electrons. The molecule has 0 saturated carbocycles. The summed E-state index contributed by atoms with van der Waals surface area (Å²) < 4.78 is 12.0. The van der Waals surface area contributed by atoms with Gasteiger partial charge in [0.1, 0.15) is 11.9 Å². The highest BCUT2D eigenvalue weighted by molar-refractivity contribution is 7.23. The van der Waals surface area contributed by atoms with Gasteiger partial charge in [0.05, 0.1) is 42.3 Å². The van der Waals surface area contributed by atoms with Gasteiger partial charge in [-0.2, -0.15) is 5.10 Å². The van der Waals surface area contributed by atoms with E-state index in [2.05, 4.69) is 26.1 Å². The maximum Gasteiger partial charge on any atom is 0.253 e. The van der Waals surface area contributed by atoms with Gasteiger partial charge in [-0.1, -0.05) is 6.07 Å². The standard InChI is InChI=1S/C24H28N6O3S/c1-13(32-3)11-30(2)24(31)14-5-6-16-20(8-14)34-23-21(16)22(25-12-26-23)28-18-7-15-10-27-29-17(15)9-19(18)33-4/h5-10,13,22,25-26,28H,11-12H2,1-4H3,(H,27,29)/t13-,22?/m0/s1. The number of aromatic amines is 1. The Morgan fingerprint density at radius 2 is 2.18 bits per heavy atom. The van der Waals surface area contributed by atoms with Crippen LogP contribution >= 0.6 is 11.3 Å². The van der Waals surface area contributed by atoms with Crippen molar-refractivity contribution in [2.24, 2.45) is 0 Å². The van der Waals surface area contributed by atoms with E-state index >= 15 is 0 Å². The van der Waals surface area contributed by atoms with Crippen LogP contribution in [-0.2, 0) is 4.74 Å². The minimum absolute atomic E-state index is 0.0175. The third kappa shape index (κ3) is 4.04. The zero-order chi connectivity index (χ0) is 23.8. The fourth-order valence-corrected chi connectivity index (χ4v) is 5.47. The van der Waals surface area contributed by atoms with Gasteiger partial charge in [-0.25, -0.2) is 0 Å². The number of hydrogen-bond acceptors (Lipinski definition) is 8. The van der Waals surface area contributed by atoms with E-state index in [0.717, 1.165) is 43.0 Å². The van der Waals surface area contributed by atoms with Gasteiger partial charge in [-0.3, -0.25) is 15.2 Å². The molecule has 34 heavy (non-hydrogen) atoms. The number of carbonyl (C=O) groups excluding carboxylic acids is 1. The molecule has 0 fully saturated rings. The van der Waals surface area contributed by atoms with E-state index in [0.29, 0.717) is 18.8 Å². The fourth-order valence-electron chi connectivity index (χ4n) is 4.30. The molecule has 0 radical (unpaired) electrons. The topological polar surface area (TPSA) is 104 Å². The van der Waals surface area contributed by atoms with Gasteiger partial charge < -0.3 is 25.0 Å². The molecule has 2 atom stereocenters. The van der Waals surface area contributed by atoms with Crippen LogP contribution in [0.15, 0.2) is 36.5 Å². The lowest BCUT2D eigenvalue weighted by Gasteiger charge is -2.28. The average Bonchev–Trinajstić information content (AvgIpc) is 3.46. The molecule has 10 heteroatoms. The second kappa shape index (κ2) is 9.13. The molecule has 4 N–H and O–H groups in total. The summed E-state index contributed by atoms with van der Waals surface area (Å²) in [4.78, 5) is 14.7. The van der Waals surface area contributed by atoms with Crippen molar-refractivity contribution in [3.8, 4) is 5.75 Å². The van der Waals surface area contributed by atoms with Crippen molar-refractivity contribution in [3.63, 3.8) is 0 Å². The summed E-state index contributed by atoms with van der Waals surface area (Å²) >= 11 is 1.66. The Kier molecular flexibility index (Phi) is 6.03. The number of carbonyl (C=O) groups is 1. The lowest BCUT2D eigenvalue weighted by molar-refractivity contribution is 0.0600. The number of hydrogen-bond donors (Lipinski definition) is 4. The van der Waals surface area contributed by atoms with Crippen molar-refractivity contribution < 1.29 is 14.3 Å². The van der Waals surface area contributed by atoms with Crippen molar-refractivity contribution in [3.05, 3.63) is 47.7 Å². The van der Waals surface area contributed by atoms with Gasteiger partial charge in [-0.05, 0) is 25.1 Å². The molecule has 4 aromatic rings. The van der Waals surface area contributed by atoms with Crippen molar-refractivity contribution in [1.29, 1.82) is 0 Å². The fraction of sp³-hybridized carbons (Fsp3) is 0.333. The first-order valence-electron chi connectivity index (χ1n) is 11.1. The number of aromatic nitrogens is 2. The van der Waals surface area contributed by atoms with Crippen molar-refractivity contribution in [1.82, 2.24) is 20.4 Å². The van der Waals surface area contributed by atoms with E-state index in [4.69, 9.17) is 9.47 Å². The number of ether oxygens (including phenoxy) is 2. The molecule has 5 rings (SSSR count). The SMILES string of the molecule is COc1cc2[nH]ncc2cc1NC1NCNc2sc3cc(C(=O)N(C)C[C@H](C)OC)ccc3c21. The molecule has 1 aliphatic heterocycles. The summed E-state index contributed by atoms with van der Waals surface area (Å²) in [5.74, 6) is 0.718. The van der Waals surface area contributed by atoms with Crippen molar-refractivity contribution >= 4 is 48.9 Å². The van der Waals surface area contributed by atoms with Gasteiger partial charge in [0.2, 0.25) is 0 Å². The van der Waals surface area contributed by atoms with E-state index in [1.807, 2.05) is 37.3 Å². The highest BCUT2D eigenvalue weighted by Crippen LogP contribution is 2.43. The molecule has 3 heterocycles. The highest BCUT2D eigenvalue weighted by atomic mass is 32.1. The minimum Gasteiger partial charge on any atom is -0.495 e. The second-order valence-corrected chi connectivity index (χ2v) is 9.48. The quantitative estimate of drug-likeness (QED) is 0.317. The number of thiophene rings is 1. The number of benzene rings is 2. The first kappa shape index (κ1) is 22.5. The van der Waals surface area contributed by atoms with Gasteiger partial charge in [0.25, 0.3) is 5.91 Å². The molecular formula is C24H28N6O3S. The van der Waals surface area contributed by atoms with Crippen LogP contribution in [0.5, 0.6) is 5.75 Å². The Bertz CT molecular complexity index is 1350. The highest BCUT2D eigenvalue weighted by Gasteiger charge is 2.26. The number of nitrogens with one attached hydrogen (secondary N) is 4. The molecule has 0 spiro atoms. The predicted octanol–water partition coefficient (Wildman–Crippen LogP) is 3.98. The Morgan fingerprint density at radius 1 is 1.32 bits per heavy atom. The van der Waals surface area contributed by atoms with Crippen LogP contribution in [-0.4, -0.2) is 61.6 Å². The van der Waals surface area contributed by atoms with Crippen LogP contribution in [0, 0.1) is 0 Å². The normalized spacial score (nSPS) is 16.2. The average molecular weight is 481 g/mol. The zero-order valence-corrected chi connectivity index (χ0v) is 20.4. The largest absolute Gasteiger partial charge is 0.495 e. The Labute approximate surface area is 201 Å². The number of nitrogens with zero attached hydrogens (tertiary/aromatic N) is 2. The van der Waals surface area contributed by atoms with Gasteiger partial charge in [0.15, 0.2) is 0 Å². The number of methoxy groups -OCH3 is 2. The predicted molar refractivity (Wildman–Crippen MR) is 136 cm³/mol. The maximum atomic E-state index is 13.0. The van der Waals surface area contributed by atoms with Crippen molar-refractivity contribution in [2.75, 3.05) is 45.1 Å². The summed E-state index contributed by atoms with van der Waals surface area (Å²) in [6, 6.07) is 9.88. The summed E-state index contributed by atoms with van der Waals surface area (Å²) in [6.45, 7) is 3.11. The lowest BCUT2D eigenvalue weighted by atomic mass is 10.1. The van der Waals surface area contributed by atoms with Crippen LogP contribution in [0.1, 0.15) is 29.0 Å². The molecule has 0 bridgehead atoms. The number of rotatable bonds is 7. The van der Waals surface area contributed by atoms with Crippen LogP contribution in [0.25, 0.3) is 21.0 Å². The zero-order valence-electron chi connectivity index (χ0n) is 19.6. The second-order valence-electron chi connectivity index (χ2n) is 8.43. The molecular weight excluding hydrogens is 452 g/mol. The van der Waals surface area contributed by atoms with Gasteiger partial charge >= 0.3 is 0 Å².